The number of nitrogens with zero attached hydrogens (tertiary/aromatic N) is 3. The van der Waals surface area contributed by atoms with Crippen molar-refractivity contribution in [3.63, 3.8) is 0 Å². The van der Waals surface area contributed by atoms with Gasteiger partial charge in [-0.15, -0.1) is 24.0 Å². The van der Waals surface area contributed by atoms with Crippen LogP contribution in [-0.2, 0) is 9.47 Å². The second-order valence-corrected chi connectivity index (χ2v) is 9.23. The predicted octanol–water partition coefficient (Wildman–Crippen LogP) is 2.53. The van der Waals surface area contributed by atoms with Crippen molar-refractivity contribution in [2.24, 2.45) is 10.9 Å². The van der Waals surface area contributed by atoms with Crippen LogP contribution < -0.4 is 10.6 Å². The minimum Gasteiger partial charge on any atom is -0.444 e. The molecule has 2 aliphatic rings. The van der Waals surface area contributed by atoms with Crippen molar-refractivity contribution in [3.8, 4) is 0 Å². The number of morpholine rings is 1. The van der Waals surface area contributed by atoms with Gasteiger partial charge in [0, 0.05) is 38.8 Å². The molecule has 2 atom stereocenters. The van der Waals surface area contributed by atoms with E-state index >= 15 is 0 Å². The van der Waals surface area contributed by atoms with E-state index in [0.717, 1.165) is 58.3 Å². The van der Waals surface area contributed by atoms with E-state index in [0.29, 0.717) is 12.6 Å². The number of carbonyl (C=O) groups excluding carboxylic acids is 1. The van der Waals surface area contributed by atoms with Crippen LogP contribution in [0.15, 0.2) is 4.99 Å². The lowest BCUT2D eigenvalue weighted by Gasteiger charge is -2.32. The van der Waals surface area contributed by atoms with Gasteiger partial charge in [-0.1, -0.05) is 13.8 Å². The maximum absolute atomic E-state index is 12.2. The Labute approximate surface area is 199 Å². The van der Waals surface area contributed by atoms with Gasteiger partial charge in [-0.25, -0.2) is 4.79 Å². The van der Waals surface area contributed by atoms with Gasteiger partial charge in [0.2, 0.25) is 0 Å². The van der Waals surface area contributed by atoms with Crippen molar-refractivity contribution < 1.29 is 14.3 Å². The first-order valence-corrected chi connectivity index (χ1v) is 11.0. The van der Waals surface area contributed by atoms with Crippen molar-refractivity contribution in [2.45, 2.75) is 65.6 Å². The highest BCUT2D eigenvalue weighted by Gasteiger charge is 2.30. The van der Waals surface area contributed by atoms with E-state index in [1.165, 1.54) is 0 Å². The second-order valence-electron chi connectivity index (χ2n) is 9.23. The average Bonchev–Trinajstić information content (AvgIpc) is 3.13. The monoisotopic (exact) mass is 539 g/mol. The van der Waals surface area contributed by atoms with Crippen LogP contribution in [0.1, 0.15) is 48.0 Å². The van der Waals surface area contributed by atoms with Crippen LogP contribution in [0.4, 0.5) is 4.79 Å². The van der Waals surface area contributed by atoms with Gasteiger partial charge in [0.1, 0.15) is 5.60 Å². The Hall–Kier alpha value is -0.810. The lowest BCUT2D eigenvalue weighted by atomic mass is 10.1. The molecule has 176 valence electrons. The Morgan fingerprint density at radius 3 is 2.47 bits per heavy atom. The summed E-state index contributed by atoms with van der Waals surface area (Å²) >= 11 is 0. The number of likely N-dealkylation sites (tertiary alicyclic amines) is 1. The fourth-order valence-corrected chi connectivity index (χ4v) is 3.67. The highest BCUT2D eigenvalue weighted by molar-refractivity contribution is 14.0. The van der Waals surface area contributed by atoms with E-state index < -0.39 is 5.60 Å². The molecule has 2 N–H and O–H groups in total. The quantitative estimate of drug-likeness (QED) is 0.307. The zero-order chi connectivity index (χ0) is 21.4. The summed E-state index contributed by atoms with van der Waals surface area (Å²) in [6, 6.07) is 0.486. The number of alkyl carbamates (subject to hydrolysis) is 1. The molecule has 2 rings (SSSR count). The molecule has 0 aromatic heterocycles. The molecule has 0 aliphatic carbocycles. The van der Waals surface area contributed by atoms with E-state index in [4.69, 9.17) is 14.5 Å². The van der Waals surface area contributed by atoms with Crippen molar-refractivity contribution in [1.82, 2.24) is 20.4 Å². The third kappa shape index (κ3) is 9.13. The molecule has 0 radical (unpaired) electrons. The highest BCUT2D eigenvalue weighted by Crippen LogP contribution is 2.17. The lowest BCUT2D eigenvalue weighted by Crippen LogP contribution is -2.47. The molecule has 9 heteroatoms. The maximum Gasteiger partial charge on any atom is 0.407 e. The normalized spacial score (nSPS) is 21.9. The number of aliphatic imine (C=N–C) groups is 1. The first-order chi connectivity index (χ1) is 13.7. The summed E-state index contributed by atoms with van der Waals surface area (Å²) in [7, 11) is 0. The Kier molecular flexibility index (Phi) is 11.7. The number of nitrogens with one attached hydrogen (secondary N) is 2. The number of rotatable bonds is 6. The minimum absolute atomic E-state index is 0. The van der Waals surface area contributed by atoms with E-state index in [9.17, 15) is 4.79 Å². The van der Waals surface area contributed by atoms with Crippen LogP contribution in [-0.4, -0.2) is 92.0 Å². The minimum atomic E-state index is -0.506. The van der Waals surface area contributed by atoms with Crippen LogP contribution in [0.2, 0.25) is 0 Å². The standard InChI is InChI=1S/C21H41N5O3.HI/c1-7-22-19(26-9-8-17(15-26)25-10-12-28-13-11-25)23-14-18(16(2)3)24-20(27)29-21(4,5)6;/h16-18H,7-15H2,1-6H3,(H,22,23)(H,24,27);1H. The lowest BCUT2D eigenvalue weighted by molar-refractivity contribution is 0.0194. The zero-order valence-corrected chi connectivity index (χ0v) is 21.9. The molecule has 2 saturated heterocycles. The number of halogens is 1. The van der Waals surface area contributed by atoms with Crippen LogP contribution in [0.25, 0.3) is 0 Å². The third-order valence-electron chi connectivity index (χ3n) is 5.30. The van der Waals surface area contributed by atoms with Gasteiger partial charge < -0.3 is 25.0 Å². The van der Waals surface area contributed by atoms with Crippen molar-refractivity contribution in [1.29, 1.82) is 0 Å². The number of ether oxygens (including phenoxy) is 2. The molecule has 0 aromatic carbocycles. The number of guanidine groups is 1. The fourth-order valence-electron chi connectivity index (χ4n) is 3.67. The topological polar surface area (TPSA) is 78.4 Å². The van der Waals surface area contributed by atoms with E-state index in [1.54, 1.807) is 0 Å². The van der Waals surface area contributed by atoms with Gasteiger partial charge in [-0.05, 0) is 40.0 Å². The molecular weight excluding hydrogens is 497 g/mol. The van der Waals surface area contributed by atoms with Gasteiger partial charge in [-0.3, -0.25) is 9.89 Å². The molecule has 8 nitrogen and oxygen atoms in total. The Morgan fingerprint density at radius 2 is 1.90 bits per heavy atom. The molecule has 0 aromatic rings. The third-order valence-corrected chi connectivity index (χ3v) is 5.30. The van der Waals surface area contributed by atoms with Gasteiger partial charge in [0.15, 0.2) is 5.96 Å². The highest BCUT2D eigenvalue weighted by atomic mass is 127. The van der Waals surface area contributed by atoms with Crippen LogP contribution in [0.5, 0.6) is 0 Å². The van der Waals surface area contributed by atoms with Crippen molar-refractivity contribution >= 4 is 36.0 Å². The van der Waals surface area contributed by atoms with Crippen LogP contribution in [0, 0.1) is 5.92 Å². The summed E-state index contributed by atoms with van der Waals surface area (Å²) in [5.41, 5.74) is -0.506. The Bertz CT molecular complexity index is 547. The van der Waals surface area contributed by atoms with Crippen LogP contribution in [0.3, 0.4) is 0 Å². The van der Waals surface area contributed by atoms with Crippen molar-refractivity contribution in [2.75, 3.05) is 52.5 Å². The Balaban J connectivity index is 0.00000450. The first kappa shape index (κ1) is 27.2. The van der Waals surface area contributed by atoms with E-state index in [-0.39, 0.29) is 42.0 Å². The summed E-state index contributed by atoms with van der Waals surface area (Å²) in [5.74, 6) is 1.19. The molecule has 1 amide bonds. The molecule has 0 bridgehead atoms. The molecule has 30 heavy (non-hydrogen) atoms. The van der Waals surface area contributed by atoms with E-state index in [2.05, 4.69) is 41.2 Å². The summed E-state index contributed by atoms with van der Waals surface area (Å²) in [6.07, 6.45) is 0.763. The molecule has 2 aliphatic heterocycles. The summed E-state index contributed by atoms with van der Waals surface area (Å²) in [5, 5.41) is 6.41. The molecule has 2 unspecified atom stereocenters. The SMILES string of the molecule is CCNC(=NCC(NC(=O)OC(C)(C)C)C(C)C)N1CCC(N2CCOCC2)C1.I. The molecular formula is C21H42IN5O3. The molecule has 0 saturated carbocycles. The zero-order valence-electron chi connectivity index (χ0n) is 19.6. The summed E-state index contributed by atoms with van der Waals surface area (Å²) in [4.78, 5) is 21.9. The second kappa shape index (κ2) is 12.9. The number of carbonyl (C=O) groups is 1. The molecule has 2 fully saturated rings. The van der Waals surface area contributed by atoms with Gasteiger partial charge in [0.25, 0.3) is 0 Å². The maximum atomic E-state index is 12.2. The fraction of sp³-hybridized carbons (Fsp3) is 0.905. The smallest absolute Gasteiger partial charge is 0.407 e. The number of hydrogen-bond acceptors (Lipinski definition) is 5. The van der Waals surface area contributed by atoms with Gasteiger partial charge >= 0.3 is 6.09 Å². The van der Waals surface area contributed by atoms with Gasteiger partial charge in [0.05, 0.1) is 25.8 Å². The van der Waals surface area contributed by atoms with Gasteiger partial charge in [-0.2, -0.15) is 0 Å². The van der Waals surface area contributed by atoms with Crippen LogP contribution >= 0.6 is 24.0 Å². The average molecular weight is 540 g/mol. The first-order valence-electron chi connectivity index (χ1n) is 11.0. The van der Waals surface area contributed by atoms with Crippen molar-refractivity contribution in [3.05, 3.63) is 0 Å². The summed E-state index contributed by atoms with van der Waals surface area (Å²) in [6.45, 7) is 18.9. The Morgan fingerprint density at radius 1 is 1.23 bits per heavy atom. The van der Waals surface area contributed by atoms with E-state index in [1.807, 2.05) is 20.8 Å². The number of hydrogen-bond donors (Lipinski definition) is 2. The summed E-state index contributed by atoms with van der Waals surface area (Å²) < 4.78 is 10.9. The molecule has 0 spiro atoms. The number of amides is 1. The molecule has 2 heterocycles. The predicted molar refractivity (Wildman–Crippen MR) is 132 cm³/mol. The largest absolute Gasteiger partial charge is 0.444 e.